The molecule has 0 fully saturated rings. The van der Waals surface area contributed by atoms with E-state index in [4.69, 9.17) is 0 Å². The van der Waals surface area contributed by atoms with Gasteiger partial charge in [0.15, 0.2) is 0 Å². The Morgan fingerprint density at radius 3 is 2.62 bits per heavy atom. The van der Waals surface area contributed by atoms with Crippen molar-refractivity contribution in [3.63, 3.8) is 0 Å². The average molecular weight is 219 g/mol. The number of hydrogen-bond donors (Lipinski definition) is 0. The van der Waals surface area contributed by atoms with Crippen LogP contribution in [0.25, 0.3) is 10.9 Å². The molecule has 0 N–H and O–H groups in total. The van der Waals surface area contributed by atoms with Crippen LogP contribution in [0.2, 0.25) is 0 Å². The number of fused-ring (bicyclic) bond motifs is 1. The van der Waals surface area contributed by atoms with E-state index in [0.717, 1.165) is 23.9 Å². The SMILES string of the molecule is CCc1cc2cc(F)ccc2n1CC(C)C. The maximum atomic E-state index is 13.1. The summed E-state index contributed by atoms with van der Waals surface area (Å²) in [5.41, 5.74) is 2.43. The van der Waals surface area contributed by atoms with Crippen molar-refractivity contribution in [3.05, 3.63) is 35.8 Å². The summed E-state index contributed by atoms with van der Waals surface area (Å²) >= 11 is 0. The first-order chi connectivity index (χ1) is 7.61. The van der Waals surface area contributed by atoms with Gasteiger partial charge in [0.2, 0.25) is 0 Å². The third-order valence-corrected chi connectivity index (χ3v) is 2.86. The Labute approximate surface area is 95.9 Å². The first-order valence-corrected chi connectivity index (χ1v) is 5.89. The Bertz CT molecular complexity index is 497. The molecule has 86 valence electrons. The molecule has 1 aromatic carbocycles. The number of benzene rings is 1. The summed E-state index contributed by atoms with van der Waals surface area (Å²) in [6.07, 6.45) is 0.989. The van der Waals surface area contributed by atoms with Crippen molar-refractivity contribution in [2.75, 3.05) is 0 Å². The molecule has 0 spiro atoms. The van der Waals surface area contributed by atoms with Crippen LogP contribution in [0.15, 0.2) is 24.3 Å². The minimum Gasteiger partial charge on any atom is -0.344 e. The number of aryl methyl sites for hydroxylation is 1. The normalized spacial score (nSPS) is 11.6. The zero-order chi connectivity index (χ0) is 11.7. The van der Waals surface area contributed by atoms with Crippen LogP contribution in [0.3, 0.4) is 0 Å². The van der Waals surface area contributed by atoms with Crippen LogP contribution in [0.1, 0.15) is 26.5 Å². The van der Waals surface area contributed by atoms with Crippen LogP contribution in [0.5, 0.6) is 0 Å². The second-order valence-electron chi connectivity index (χ2n) is 4.70. The van der Waals surface area contributed by atoms with Crippen LogP contribution >= 0.6 is 0 Å². The molecule has 1 nitrogen and oxygen atoms in total. The summed E-state index contributed by atoms with van der Waals surface area (Å²) in [5.74, 6) is 0.447. The smallest absolute Gasteiger partial charge is 0.123 e. The maximum absolute atomic E-state index is 13.1. The topological polar surface area (TPSA) is 4.93 Å². The molecular formula is C14H18FN. The third-order valence-electron chi connectivity index (χ3n) is 2.86. The molecule has 2 aromatic rings. The highest BCUT2D eigenvalue weighted by Gasteiger charge is 2.09. The van der Waals surface area contributed by atoms with Crippen molar-refractivity contribution in [2.24, 2.45) is 5.92 Å². The number of nitrogens with zero attached hydrogens (tertiary/aromatic N) is 1. The van der Waals surface area contributed by atoms with Crippen molar-refractivity contribution < 1.29 is 4.39 Å². The Morgan fingerprint density at radius 1 is 1.25 bits per heavy atom. The van der Waals surface area contributed by atoms with E-state index in [0.29, 0.717) is 5.92 Å². The predicted octanol–water partition coefficient (Wildman–Crippen LogP) is 4.00. The lowest BCUT2D eigenvalue weighted by Crippen LogP contribution is -2.07. The lowest BCUT2D eigenvalue weighted by molar-refractivity contribution is 0.523. The van der Waals surface area contributed by atoms with Gasteiger partial charge in [-0.15, -0.1) is 0 Å². The second-order valence-corrected chi connectivity index (χ2v) is 4.70. The first kappa shape index (κ1) is 11.2. The van der Waals surface area contributed by atoms with E-state index in [2.05, 4.69) is 31.4 Å². The molecule has 0 aliphatic heterocycles. The lowest BCUT2D eigenvalue weighted by atomic mass is 10.2. The van der Waals surface area contributed by atoms with E-state index in [1.807, 2.05) is 6.07 Å². The standard InChI is InChI=1S/C14H18FN/c1-4-13-8-11-7-12(15)5-6-14(11)16(13)9-10(2)3/h5-8,10H,4,9H2,1-3H3. The van der Waals surface area contributed by atoms with E-state index < -0.39 is 0 Å². The molecule has 0 bridgehead atoms. The number of rotatable bonds is 3. The van der Waals surface area contributed by atoms with Crippen molar-refractivity contribution in [1.82, 2.24) is 4.57 Å². The minimum absolute atomic E-state index is 0.156. The molecule has 16 heavy (non-hydrogen) atoms. The van der Waals surface area contributed by atoms with Gasteiger partial charge in [0.25, 0.3) is 0 Å². The van der Waals surface area contributed by atoms with Gasteiger partial charge in [0.05, 0.1) is 0 Å². The Balaban J connectivity index is 2.59. The number of halogens is 1. The van der Waals surface area contributed by atoms with Crippen molar-refractivity contribution in [3.8, 4) is 0 Å². The van der Waals surface area contributed by atoms with E-state index in [-0.39, 0.29) is 5.82 Å². The van der Waals surface area contributed by atoms with Crippen molar-refractivity contribution in [2.45, 2.75) is 33.7 Å². The molecule has 2 rings (SSSR count). The maximum Gasteiger partial charge on any atom is 0.123 e. The largest absolute Gasteiger partial charge is 0.344 e. The van der Waals surface area contributed by atoms with Gasteiger partial charge < -0.3 is 4.57 Å². The molecule has 2 heteroatoms. The van der Waals surface area contributed by atoms with E-state index in [9.17, 15) is 4.39 Å². The minimum atomic E-state index is -0.156. The van der Waals surface area contributed by atoms with Gasteiger partial charge in [0, 0.05) is 23.1 Å². The van der Waals surface area contributed by atoms with E-state index in [1.54, 1.807) is 12.1 Å². The molecule has 0 saturated heterocycles. The summed E-state index contributed by atoms with van der Waals surface area (Å²) in [4.78, 5) is 0. The molecule has 0 unspecified atom stereocenters. The molecule has 1 heterocycles. The Kier molecular flexibility index (Phi) is 2.99. The highest BCUT2D eigenvalue weighted by molar-refractivity contribution is 5.81. The summed E-state index contributed by atoms with van der Waals surface area (Å²) in [6, 6.07) is 7.14. The van der Waals surface area contributed by atoms with E-state index in [1.165, 1.54) is 5.69 Å². The zero-order valence-electron chi connectivity index (χ0n) is 10.1. The Hall–Kier alpha value is -1.31. The van der Waals surface area contributed by atoms with Crippen LogP contribution in [0, 0.1) is 11.7 Å². The van der Waals surface area contributed by atoms with Crippen molar-refractivity contribution in [1.29, 1.82) is 0 Å². The van der Waals surface area contributed by atoms with Gasteiger partial charge >= 0.3 is 0 Å². The molecular weight excluding hydrogens is 201 g/mol. The molecule has 0 saturated carbocycles. The number of hydrogen-bond acceptors (Lipinski definition) is 0. The summed E-state index contributed by atoms with van der Waals surface area (Å²) < 4.78 is 15.4. The second kappa shape index (κ2) is 4.28. The van der Waals surface area contributed by atoms with Gasteiger partial charge in [-0.25, -0.2) is 4.39 Å². The molecule has 0 aliphatic carbocycles. The van der Waals surface area contributed by atoms with Gasteiger partial charge in [-0.05, 0) is 36.6 Å². The van der Waals surface area contributed by atoms with Gasteiger partial charge in [-0.3, -0.25) is 0 Å². The molecule has 0 radical (unpaired) electrons. The summed E-state index contributed by atoms with van der Waals surface area (Å²) in [7, 11) is 0. The number of aromatic nitrogens is 1. The van der Waals surface area contributed by atoms with Gasteiger partial charge in [0.1, 0.15) is 5.82 Å². The average Bonchev–Trinajstić information content (AvgIpc) is 2.55. The van der Waals surface area contributed by atoms with Crippen molar-refractivity contribution >= 4 is 10.9 Å². The van der Waals surface area contributed by atoms with Gasteiger partial charge in [-0.2, -0.15) is 0 Å². The Morgan fingerprint density at radius 2 is 2.00 bits per heavy atom. The fraction of sp³-hybridized carbons (Fsp3) is 0.429. The summed E-state index contributed by atoms with van der Waals surface area (Å²) in [6.45, 7) is 7.54. The molecule has 0 atom stereocenters. The highest BCUT2D eigenvalue weighted by Crippen LogP contribution is 2.22. The molecule has 0 amide bonds. The van der Waals surface area contributed by atoms with Gasteiger partial charge in [-0.1, -0.05) is 20.8 Å². The quantitative estimate of drug-likeness (QED) is 0.735. The van der Waals surface area contributed by atoms with Crippen LogP contribution in [0.4, 0.5) is 4.39 Å². The van der Waals surface area contributed by atoms with E-state index >= 15 is 0 Å². The van der Waals surface area contributed by atoms with Crippen LogP contribution in [-0.4, -0.2) is 4.57 Å². The molecule has 0 aliphatic rings. The summed E-state index contributed by atoms with van der Waals surface area (Å²) in [5, 5.41) is 1.01. The monoisotopic (exact) mass is 219 g/mol. The lowest BCUT2D eigenvalue weighted by Gasteiger charge is -2.12. The molecule has 1 aromatic heterocycles. The zero-order valence-corrected chi connectivity index (χ0v) is 10.1. The third kappa shape index (κ3) is 1.97. The fourth-order valence-electron chi connectivity index (χ4n) is 2.17. The fourth-order valence-corrected chi connectivity index (χ4v) is 2.17. The first-order valence-electron chi connectivity index (χ1n) is 5.89. The van der Waals surface area contributed by atoms with Crippen LogP contribution < -0.4 is 0 Å². The highest BCUT2D eigenvalue weighted by atomic mass is 19.1. The van der Waals surface area contributed by atoms with Crippen LogP contribution in [-0.2, 0) is 13.0 Å². The predicted molar refractivity (Wildman–Crippen MR) is 66.1 cm³/mol.